The molecule has 0 spiro atoms. The van der Waals surface area contributed by atoms with Crippen molar-refractivity contribution in [3.8, 4) is 0 Å². The summed E-state index contributed by atoms with van der Waals surface area (Å²) in [4.78, 5) is 0. The number of rotatable bonds is 2. The molecule has 0 bridgehead atoms. The first kappa shape index (κ1) is 8.56. The summed E-state index contributed by atoms with van der Waals surface area (Å²) in [6.07, 6.45) is 0. The molecule has 0 aromatic rings. The Bertz CT molecular complexity index is 68.9. The number of halogens is 1. The molecule has 2 nitrogen and oxygen atoms in total. The molecule has 0 fully saturated rings. The Hall–Kier alpha value is 0.560. The Morgan fingerprint density at radius 1 is 1.50 bits per heavy atom. The summed E-state index contributed by atoms with van der Waals surface area (Å²) in [5, 5.41) is 0. The van der Waals surface area contributed by atoms with Gasteiger partial charge in [-0.3, -0.25) is 9.11 Å². The van der Waals surface area contributed by atoms with Gasteiger partial charge in [-0.05, 0) is 5.92 Å². The minimum atomic E-state index is -2.75. The lowest BCUT2D eigenvalue weighted by molar-refractivity contribution is 0.496. The highest BCUT2D eigenvalue weighted by molar-refractivity contribution is 8.43. The monoisotopic (exact) mass is 158 g/mol. The van der Waals surface area contributed by atoms with Crippen molar-refractivity contribution in [2.45, 2.75) is 13.8 Å². The van der Waals surface area contributed by atoms with E-state index < -0.39 is 9.80 Å². The maximum atomic E-state index is 8.59. The Morgan fingerprint density at radius 2 is 1.88 bits per heavy atom. The van der Waals surface area contributed by atoms with Crippen LogP contribution in [0.4, 0.5) is 0 Å². The second kappa shape index (κ2) is 2.92. The van der Waals surface area contributed by atoms with E-state index in [9.17, 15) is 0 Å². The van der Waals surface area contributed by atoms with Gasteiger partial charge in [-0.1, -0.05) is 13.8 Å². The largest absolute Gasteiger partial charge is 0.285 e. The summed E-state index contributed by atoms with van der Waals surface area (Å²) >= 11 is 0. The van der Waals surface area contributed by atoms with E-state index in [4.69, 9.17) is 19.8 Å². The Balaban J connectivity index is 3.39. The minimum Gasteiger partial charge on any atom is -0.285 e. The molecule has 8 heavy (non-hydrogen) atoms. The van der Waals surface area contributed by atoms with Crippen LogP contribution in [0.3, 0.4) is 0 Å². The first-order valence-electron chi connectivity index (χ1n) is 2.37. The Morgan fingerprint density at radius 3 is 1.88 bits per heavy atom. The van der Waals surface area contributed by atoms with Crippen molar-refractivity contribution in [1.82, 2.24) is 0 Å². The smallest absolute Gasteiger partial charge is 0.0558 e. The second-order valence-electron chi connectivity index (χ2n) is 2.15. The zero-order chi connectivity index (χ0) is 6.78. The first-order valence-corrected chi connectivity index (χ1v) is 4.91. The quantitative estimate of drug-likeness (QED) is 0.649. The molecule has 0 heterocycles. The van der Waals surface area contributed by atoms with Crippen LogP contribution in [0, 0.1) is 5.92 Å². The van der Waals surface area contributed by atoms with E-state index in [2.05, 4.69) is 0 Å². The van der Waals surface area contributed by atoms with Crippen LogP contribution < -0.4 is 0 Å². The van der Waals surface area contributed by atoms with Crippen molar-refractivity contribution in [1.29, 1.82) is 0 Å². The summed E-state index contributed by atoms with van der Waals surface area (Å²) in [6.45, 7) is 3.77. The maximum Gasteiger partial charge on any atom is 0.0558 e. The molecular weight excluding hydrogens is 148 g/mol. The van der Waals surface area contributed by atoms with Crippen LogP contribution in [0.15, 0.2) is 0 Å². The molecule has 0 amide bonds. The fourth-order valence-electron chi connectivity index (χ4n) is 0.424. The molecule has 0 aromatic carbocycles. The summed E-state index contributed by atoms with van der Waals surface area (Å²) in [6, 6.07) is 0. The predicted octanol–water partition coefficient (Wildman–Crippen LogP) is 2.55. The van der Waals surface area contributed by atoms with E-state index in [0.29, 0.717) is 0 Å². The fraction of sp³-hybridized carbons (Fsp3) is 1.00. The van der Waals surface area contributed by atoms with Gasteiger partial charge in [-0.2, -0.15) is 0 Å². The fourth-order valence-corrected chi connectivity index (χ4v) is 2.03. The first-order chi connectivity index (χ1) is 3.42. The third-order valence-electron chi connectivity index (χ3n) is 0.545. The molecule has 0 saturated heterocycles. The van der Waals surface area contributed by atoms with Gasteiger partial charge >= 0.3 is 0 Å². The van der Waals surface area contributed by atoms with Crippen molar-refractivity contribution in [2.24, 2.45) is 5.92 Å². The zero-order valence-corrected chi connectivity index (χ0v) is 6.54. The van der Waals surface area contributed by atoms with Gasteiger partial charge in [0.1, 0.15) is 0 Å². The van der Waals surface area contributed by atoms with Gasteiger partial charge in [0.25, 0.3) is 0 Å². The van der Waals surface area contributed by atoms with Gasteiger partial charge in [0.15, 0.2) is 0 Å². The van der Waals surface area contributed by atoms with Crippen LogP contribution >= 0.6 is 20.5 Å². The summed E-state index contributed by atoms with van der Waals surface area (Å²) in [5.74, 6) is 0.534. The molecular formula is C4H11ClO2S. The lowest BCUT2D eigenvalue weighted by Gasteiger charge is -2.24. The highest BCUT2D eigenvalue weighted by atomic mass is 35.7. The number of hydrogen-bond donors (Lipinski definition) is 2. The van der Waals surface area contributed by atoms with Crippen molar-refractivity contribution >= 4 is 20.5 Å². The molecule has 52 valence electrons. The highest BCUT2D eigenvalue weighted by Crippen LogP contribution is 2.45. The summed E-state index contributed by atoms with van der Waals surface area (Å²) < 4.78 is 17.2. The van der Waals surface area contributed by atoms with Crippen molar-refractivity contribution in [3.05, 3.63) is 0 Å². The van der Waals surface area contributed by atoms with Crippen molar-refractivity contribution in [2.75, 3.05) is 5.75 Å². The molecule has 0 rings (SSSR count). The topological polar surface area (TPSA) is 40.5 Å². The lowest BCUT2D eigenvalue weighted by Crippen LogP contribution is -2.01. The van der Waals surface area contributed by atoms with Gasteiger partial charge in [0, 0.05) is 10.7 Å². The van der Waals surface area contributed by atoms with E-state index in [1.807, 2.05) is 13.8 Å². The van der Waals surface area contributed by atoms with Crippen LogP contribution in [-0.2, 0) is 0 Å². The van der Waals surface area contributed by atoms with Gasteiger partial charge in [0.2, 0.25) is 0 Å². The van der Waals surface area contributed by atoms with Crippen LogP contribution in [0.2, 0.25) is 0 Å². The molecule has 0 unspecified atom stereocenters. The average molecular weight is 159 g/mol. The molecule has 0 aliphatic heterocycles. The van der Waals surface area contributed by atoms with Crippen LogP contribution in [0.25, 0.3) is 0 Å². The average Bonchev–Trinajstić information content (AvgIpc) is 1.21. The summed E-state index contributed by atoms with van der Waals surface area (Å²) in [7, 11) is 2.37. The van der Waals surface area contributed by atoms with Crippen molar-refractivity contribution < 1.29 is 9.11 Å². The number of hydrogen-bond acceptors (Lipinski definition) is 2. The van der Waals surface area contributed by atoms with E-state index in [0.717, 1.165) is 0 Å². The van der Waals surface area contributed by atoms with Gasteiger partial charge < -0.3 is 0 Å². The third kappa shape index (κ3) is 6.56. The SMILES string of the molecule is CC(C)CS(O)(O)Cl. The molecule has 0 aliphatic rings. The standard InChI is InChI=1S/C4H11ClO2S/c1-4(2)3-8(5,6)7/h4,6-7H,3H2,1-2H3. The molecule has 0 saturated carbocycles. The predicted molar refractivity (Wildman–Crippen MR) is 38.4 cm³/mol. The van der Waals surface area contributed by atoms with E-state index in [1.54, 1.807) is 0 Å². The lowest BCUT2D eigenvalue weighted by atomic mass is 10.3. The van der Waals surface area contributed by atoms with Gasteiger partial charge in [0.05, 0.1) is 5.75 Å². The van der Waals surface area contributed by atoms with Crippen LogP contribution in [0.1, 0.15) is 13.8 Å². The second-order valence-corrected chi connectivity index (χ2v) is 5.14. The zero-order valence-electron chi connectivity index (χ0n) is 4.97. The molecule has 4 heteroatoms. The van der Waals surface area contributed by atoms with Gasteiger partial charge in [-0.15, -0.1) is 9.80 Å². The third-order valence-corrected chi connectivity index (χ3v) is 2.01. The molecule has 0 radical (unpaired) electrons. The Labute approximate surface area is 55.7 Å². The maximum absolute atomic E-state index is 8.59. The van der Waals surface area contributed by atoms with E-state index >= 15 is 0 Å². The minimum absolute atomic E-state index is 0.248. The Kier molecular flexibility index (Phi) is 3.12. The normalized spacial score (nSPS) is 14.8. The van der Waals surface area contributed by atoms with Gasteiger partial charge in [-0.25, -0.2) is 0 Å². The van der Waals surface area contributed by atoms with Crippen molar-refractivity contribution in [3.63, 3.8) is 0 Å². The molecule has 0 atom stereocenters. The van der Waals surface area contributed by atoms with E-state index in [1.165, 1.54) is 0 Å². The molecule has 0 aliphatic carbocycles. The highest BCUT2D eigenvalue weighted by Gasteiger charge is 2.08. The van der Waals surface area contributed by atoms with Crippen LogP contribution in [-0.4, -0.2) is 14.9 Å². The van der Waals surface area contributed by atoms with E-state index in [-0.39, 0.29) is 11.7 Å². The summed E-state index contributed by atoms with van der Waals surface area (Å²) in [5.41, 5.74) is 0. The van der Waals surface area contributed by atoms with Crippen LogP contribution in [0.5, 0.6) is 0 Å². The molecule has 0 aromatic heterocycles. The molecule has 2 N–H and O–H groups in total.